The van der Waals surface area contributed by atoms with E-state index >= 15 is 0 Å². The zero-order valence-electron chi connectivity index (χ0n) is 34.1. The molecule has 52 heavy (non-hydrogen) atoms. The van der Waals surface area contributed by atoms with Crippen LogP contribution in [-0.4, -0.2) is 27.3 Å². The molecule has 6 heteroatoms. The van der Waals surface area contributed by atoms with Gasteiger partial charge in [-0.05, 0) is 92.9 Å². The van der Waals surface area contributed by atoms with Crippen molar-refractivity contribution in [3.05, 3.63) is 88.0 Å². The largest absolute Gasteiger partial charge is 0.507 e. The number of carboxylic acids is 1. The Hall–Kier alpha value is -3.80. The van der Waals surface area contributed by atoms with Gasteiger partial charge in [0.1, 0.15) is 17.2 Å². The second kappa shape index (κ2) is 16.9. The second-order valence-corrected chi connectivity index (χ2v) is 18.9. The van der Waals surface area contributed by atoms with Crippen molar-refractivity contribution in [2.75, 3.05) is 0 Å². The molecule has 0 spiro atoms. The van der Waals surface area contributed by atoms with Crippen molar-refractivity contribution in [2.45, 2.75) is 156 Å². The molecule has 3 aromatic rings. The van der Waals surface area contributed by atoms with Gasteiger partial charge in [-0.2, -0.15) is 0 Å². The van der Waals surface area contributed by atoms with E-state index in [-0.39, 0.29) is 33.5 Å². The maximum absolute atomic E-state index is 13.6. The van der Waals surface area contributed by atoms with Gasteiger partial charge in [-0.1, -0.05) is 151 Å². The average Bonchev–Trinajstić information content (AvgIpc) is 3.00. The van der Waals surface area contributed by atoms with Gasteiger partial charge in [-0.25, -0.2) is 0 Å². The highest BCUT2D eigenvalue weighted by Crippen LogP contribution is 2.42. The molecule has 0 aromatic heterocycles. The van der Waals surface area contributed by atoms with Crippen molar-refractivity contribution >= 4 is 11.9 Å². The Morgan fingerprint density at radius 1 is 0.558 bits per heavy atom. The molecule has 2 unspecified atom stereocenters. The minimum atomic E-state index is -0.801. The predicted molar refractivity (Wildman–Crippen MR) is 213 cm³/mol. The Bertz CT molecular complexity index is 1590. The number of carboxylic acid groups (broad SMARTS) is 1. The molecule has 0 amide bonds. The third kappa shape index (κ3) is 11.9. The topological polar surface area (TPSA) is 104 Å². The molecule has 6 nitrogen and oxygen atoms in total. The first-order valence-electron chi connectivity index (χ1n) is 19.1. The smallest absolute Gasteiger partial charge is 0.314 e. The van der Waals surface area contributed by atoms with Gasteiger partial charge in [0, 0.05) is 0 Å². The lowest BCUT2D eigenvalue weighted by Gasteiger charge is -2.29. The van der Waals surface area contributed by atoms with Crippen LogP contribution in [0.4, 0.5) is 0 Å². The van der Waals surface area contributed by atoms with Crippen LogP contribution in [0.15, 0.2) is 54.6 Å². The molecule has 3 aromatic carbocycles. The van der Waals surface area contributed by atoms with E-state index < -0.39 is 11.9 Å². The van der Waals surface area contributed by atoms with Crippen molar-refractivity contribution in [3.63, 3.8) is 0 Å². The van der Waals surface area contributed by atoms with Crippen LogP contribution in [-0.2, 0) is 44.1 Å². The third-order valence-electron chi connectivity index (χ3n) is 10.0. The summed E-state index contributed by atoms with van der Waals surface area (Å²) in [5, 5.41) is 32.6. The Labute approximate surface area is 314 Å². The molecule has 3 N–H and O–H groups in total. The maximum Gasteiger partial charge on any atom is 0.314 e. The summed E-state index contributed by atoms with van der Waals surface area (Å²) in [5.41, 5.74) is 4.26. The van der Waals surface area contributed by atoms with Crippen LogP contribution in [0.3, 0.4) is 0 Å². The number of phenolic OH excluding ortho intramolecular Hbond substituents is 2. The summed E-state index contributed by atoms with van der Waals surface area (Å²) in [5.74, 6) is -0.824. The average molecular weight is 715 g/mol. The Kier molecular flexibility index (Phi) is 13.9. The maximum atomic E-state index is 13.6. The highest BCUT2D eigenvalue weighted by atomic mass is 16.5. The number of carbonyl (C=O) groups excluding carboxylic acids is 1. The van der Waals surface area contributed by atoms with E-state index in [1.165, 1.54) is 0 Å². The van der Waals surface area contributed by atoms with Crippen molar-refractivity contribution in [3.8, 4) is 17.2 Å². The number of benzene rings is 3. The van der Waals surface area contributed by atoms with Crippen molar-refractivity contribution in [1.29, 1.82) is 0 Å². The number of hydrogen-bond acceptors (Lipinski definition) is 5. The number of aliphatic carboxylic acids is 1. The quantitative estimate of drug-likeness (QED) is 0.0872. The summed E-state index contributed by atoms with van der Waals surface area (Å²) in [6, 6.07) is 17.2. The van der Waals surface area contributed by atoms with Gasteiger partial charge in [-0.3, -0.25) is 9.59 Å². The first-order valence-corrected chi connectivity index (χ1v) is 19.1. The molecule has 286 valence electrons. The number of phenols is 2. The van der Waals surface area contributed by atoms with Crippen LogP contribution in [0.1, 0.15) is 155 Å². The fourth-order valence-electron chi connectivity index (χ4n) is 6.92. The first kappa shape index (κ1) is 42.6. The molecule has 0 aliphatic carbocycles. The molecule has 0 bridgehead atoms. The zero-order chi connectivity index (χ0) is 39.2. The number of rotatable bonds is 14. The van der Waals surface area contributed by atoms with Gasteiger partial charge in [-0.15, -0.1) is 0 Å². The lowest BCUT2D eigenvalue weighted by Crippen LogP contribution is -2.24. The van der Waals surface area contributed by atoms with Crippen molar-refractivity contribution in [1.82, 2.24) is 0 Å². The summed E-state index contributed by atoms with van der Waals surface area (Å²) in [6.07, 6.45) is 5.43. The van der Waals surface area contributed by atoms with Gasteiger partial charge in [0.25, 0.3) is 0 Å². The van der Waals surface area contributed by atoms with Gasteiger partial charge in [0.05, 0.1) is 11.8 Å². The molecular weight excluding hydrogens is 649 g/mol. The van der Waals surface area contributed by atoms with Crippen LogP contribution in [0.2, 0.25) is 0 Å². The fraction of sp³-hybridized carbons (Fsp3) is 0.565. The van der Waals surface area contributed by atoms with E-state index in [1.54, 1.807) is 12.1 Å². The monoisotopic (exact) mass is 714 g/mol. The van der Waals surface area contributed by atoms with Gasteiger partial charge in [0.15, 0.2) is 0 Å². The number of carbonyl (C=O) groups is 2. The Morgan fingerprint density at radius 2 is 0.904 bits per heavy atom. The summed E-state index contributed by atoms with van der Waals surface area (Å²) < 4.78 is 5.86. The van der Waals surface area contributed by atoms with Crippen LogP contribution >= 0.6 is 0 Å². The van der Waals surface area contributed by atoms with E-state index in [1.807, 2.05) is 42.5 Å². The number of para-hydroxylation sites is 1. The Balaban J connectivity index is 1.73. The van der Waals surface area contributed by atoms with Gasteiger partial charge < -0.3 is 20.1 Å². The predicted octanol–water partition coefficient (Wildman–Crippen LogP) is 11.3. The lowest BCUT2D eigenvalue weighted by atomic mass is 9.77. The molecule has 0 radical (unpaired) electrons. The number of esters is 1. The molecular formula is C46H66O6. The standard InChI is InChI=1S/C46H66O6/c1-43(2,3)35-26-30(27-36(39(35)47)44(4,5)6)24-32(41(49)50)20-16-13-14-17-21-33(42(51)52-34-22-18-15-19-23-34)25-31-28-37(45(7,8)9)40(48)38(29-31)46(10,11)12/h15,18-19,22-23,26-29,32-33,47-48H,13-14,16-17,20-21,24-25H2,1-12H3,(H,49,50). The summed E-state index contributed by atoms with van der Waals surface area (Å²) >= 11 is 0. The number of ether oxygens (including phenoxy) is 1. The fourth-order valence-corrected chi connectivity index (χ4v) is 6.92. The molecule has 0 saturated heterocycles. The van der Waals surface area contributed by atoms with Crippen LogP contribution in [0.5, 0.6) is 17.2 Å². The molecule has 2 atom stereocenters. The van der Waals surface area contributed by atoms with E-state index in [4.69, 9.17) is 4.74 Å². The molecule has 0 aliphatic heterocycles. The summed E-state index contributed by atoms with van der Waals surface area (Å²) in [6.45, 7) is 24.9. The zero-order valence-corrected chi connectivity index (χ0v) is 34.1. The minimum absolute atomic E-state index is 0.266. The van der Waals surface area contributed by atoms with Crippen molar-refractivity contribution in [2.24, 2.45) is 11.8 Å². The molecule has 0 heterocycles. The van der Waals surface area contributed by atoms with E-state index in [0.29, 0.717) is 42.9 Å². The summed E-state index contributed by atoms with van der Waals surface area (Å²) in [7, 11) is 0. The molecule has 0 aliphatic rings. The highest BCUT2D eigenvalue weighted by molar-refractivity contribution is 5.75. The number of aromatic hydroxyl groups is 2. The van der Waals surface area contributed by atoms with E-state index in [9.17, 15) is 24.9 Å². The van der Waals surface area contributed by atoms with Gasteiger partial charge >= 0.3 is 11.9 Å². The second-order valence-electron chi connectivity index (χ2n) is 18.9. The normalized spacial score (nSPS) is 13.8. The lowest BCUT2D eigenvalue weighted by molar-refractivity contribution is -0.142. The van der Waals surface area contributed by atoms with E-state index in [0.717, 1.165) is 59.1 Å². The van der Waals surface area contributed by atoms with Crippen LogP contribution < -0.4 is 4.74 Å². The van der Waals surface area contributed by atoms with Crippen molar-refractivity contribution < 1.29 is 29.6 Å². The molecule has 0 fully saturated rings. The highest BCUT2D eigenvalue weighted by Gasteiger charge is 2.30. The van der Waals surface area contributed by atoms with Crippen LogP contribution in [0.25, 0.3) is 0 Å². The SMILES string of the molecule is CC(C)(C)c1cc(CC(CCCCCCC(Cc2cc(C(C)(C)C)c(O)c(C(C)(C)C)c2)C(=O)Oc2ccccc2)C(=O)O)cc(C(C)(C)C)c1O. The van der Waals surface area contributed by atoms with Crippen LogP contribution in [0, 0.1) is 11.8 Å². The Morgan fingerprint density at radius 3 is 1.25 bits per heavy atom. The van der Waals surface area contributed by atoms with E-state index in [2.05, 4.69) is 83.1 Å². The number of hydrogen-bond donors (Lipinski definition) is 3. The molecule has 3 rings (SSSR count). The minimum Gasteiger partial charge on any atom is -0.507 e. The first-order chi connectivity index (χ1) is 23.9. The third-order valence-corrected chi connectivity index (χ3v) is 10.0. The molecule has 0 saturated carbocycles. The number of unbranched alkanes of at least 4 members (excludes halogenated alkanes) is 3. The summed E-state index contributed by atoms with van der Waals surface area (Å²) in [4.78, 5) is 26.1. The van der Waals surface area contributed by atoms with Gasteiger partial charge in [0.2, 0.25) is 0 Å².